The fourth-order valence-electron chi connectivity index (χ4n) is 2.67. The zero-order valence-electron chi connectivity index (χ0n) is 14.4. The van der Waals surface area contributed by atoms with Crippen LogP contribution in [0.1, 0.15) is 5.56 Å². The van der Waals surface area contributed by atoms with Crippen molar-refractivity contribution in [3.63, 3.8) is 0 Å². The summed E-state index contributed by atoms with van der Waals surface area (Å²) in [4.78, 5) is 22.5. The van der Waals surface area contributed by atoms with Crippen molar-refractivity contribution in [2.75, 3.05) is 13.2 Å². The van der Waals surface area contributed by atoms with Crippen LogP contribution >= 0.6 is 0 Å². The van der Waals surface area contributed by atoms with Crippen molar-refractivity contribution in [2.24, 2.45) is 0 Å². The molecule has 0 saturated heterocycles. The van der Waals surface area contributed by atoms with Crippen LogP contribution < -0.4 is 5.32 Å². The number of nitrogens with one attached hydrogen (secondary N) is 1. The van der Waals surface area contributed by atoms with Crippen LogP contribution in [0.4, 0.5) is 5.69 Å². The van der Waals surface area contributed by atoms with Crippen molar-refractivity contribution in [2.45, 2.75) is 6.42 Å². The molecule has 0 radical (unpaired) electrons. The van der Waals surface area contributed by atoms with E-state index in [-0.39, 0.29) is 31.2 Å². The monoisotopic (exact) mass is 366 g/mol. The number of aromatic nitrogens is 2. The minimum absolute atomic E-state index is 0.0107. The summed E-state index contributed by atoms with van der Waals surface area (Å²) in [5, 5.41) is 26.9. The molecule has 1 amide bonds. The molecule has 3 aromatic rings. The molecule has 0 bridgehead atoms. The molecule has 0 aliphatic heterocycles. The zero-order valence-corrected chi connectivity index (χ0v) is 14.4. The van der Waals surface area contributed by atoms with Gasteiger partial charge in [-0.2, -0.15) is 5.10 Å². The number of amides is 1. The van der Waals surface area contributed by atoms with Gasteiger partial charge in [-0.1, -0.05) is 18.2 Å². The average molecular weight is 366 g/mol. The largest absolute Gasteiger partial charge is 0.395 e. The Labute approximate surface area is 155 Å². The van der Waals surface area contributed by atoms with Gasteiger partial charge in [0, 0.05) is 36.0 Å². The van der Waals surface area contributed by atoms with Crippen LogP contribution in [0.25, 0.3) is 16.9 Å². The molecular formula is C19H18N4O4. The fourth-order valence-corrected chi connectivity index (χ4v) is 2.67. The molecular weight excluding hydrogens is 348 g/mol. The van der Waals surface area contributed by atoms with E-state index in [1.165, 1.54) is 12.1 Å². The normalized spacial score (nSPS) is 10.6. The first-order valence-electron chi connectivity index (χ1n) is 8.35. The van der Waals surface area contributed by atoms with Crippen LogP contribution in [0.15, 0.2) is 60.8 Å². The third-order valence-electron chi connectivity index (χ3n) is 3.95. The van der Waals surface area contributed by atoms with Crippen LogP contribution in [0, 0.1) is 10.1 Å². The van der Waals surface area contributed by atoms with Gasteiger partial charge in [-0.25, -0.2) is 4.68 Å². The first-order chi connectivity index (χ1) is 13.1. The van der Waals surface area contributed by atoms with Crippen LogP contribution in [0.2, 0.25) is 0 Å². The second-order valence-electron chi connectivity index (χ2n) is 5.84. The van der Waals surface area contributed by atoms with Crippen molar-refractivity contribution in [3.8, 4) is 16.9 Å². The lowest BCUT2D eigenvalue weighted by Gasteiger charge is -2.04. The Bertz CT molecular complexity index is 936. The zero-order chi connectivity index (χ0) is 19.2. The van der Waals surface area contributed by atoms with E-state index in [0.29, 0.717) is 16.8 Å². The summed E-state index contributed by atoms with van der Waals surface area (Å²) in [7, 11) is 0. The number of nitro groups is 1. The van der Waals surface area contributed by atoms with Crippen LogP contribution in [-0.4, -0.2) is 38.9 Å². The number of hydrogen-bond acceptors (Lipinski definition) is 5. The summed E-state index contributed by atoms with van der Waals surface area (Å²) in [6.45, 7) is 0.0444. The number of nitro benzene ring substituents is 1. The first kappa shape index (κ1) is 18.3. The third-order valence-corrected chi connectivity index (χ3v) is 3.95. The van der Waals surface area contributed by atoms with Crippen molar-refractivity contribution >= 4 is 11.6 Å². The molecule has 0 atom stereocenters. The topological polar surface area (TPSA) is 110 Å². The number of hydrogen-bond donors (Lipinski definition) is 2. The second kappa shape index (κ2) is 8.24. The smallest absolute Gasteiger partial charge is 0.269 e. The number of rotatable bonds is 7. The lowest BCUT2D eigenvalue weighted by Crippen LogP contribution is -2.27. The first-order valence-corrected chi connectivity index (χ1v) is 8.35. The Kier molecular flexibility index (Phi) is 5.58. The van der Waals surface area contributed by atoms with Crippen molar-refractivity contribution in [3.05, 3.63) is 76.5 Å². The summed E-state index contributed by atoms with van der Waals surface area (Å²) < 4.78 is 1.67. The molecule has 3 rings (SSSR count). The molecule has 0 fully saturated rings. The minimum atomic E-state index is -0.463. The van der Waals surface area contributed by atoms with E-state index in [9.17, 15) is 14.9 Å². The van der Waals surface area contributed by atoms with Crippen molar-refractivity contribution in [1.82, 2.24) is 15.1 Å². The van der Waals surface area contributed by atoms with E-state index in [1.807, 2.05) is 30.3 Å². The molecule has 1 heterocycles. The van der Waals surface area contributed by atoms with E-state index >= 15 is 0 Å². The highest BCUT2D eigenvalue weighted by molar-refractivity contribution is 5.81. The Morgan fingerprint density at radius 3 is 2.48 bits per heavy atom. The van der Waals surface area contributed by atoms with E-state index in [1.54, 1.807) is 23.0 Å². The number of nitrogens with zero attached hydrogens (tertiary/aromatic N) is 3. The van der Waals surface area contributed by atoms with E-state index in [2.05, 4.69) is 10.4 Å². The number of benzene rings is 2. The molecule has 1 aromatic heterocycles. The third kappa shape index (κ3) is 4.36. The van der Waals surface area contributed by atoms with E-state index in [4.69, 9.17) is 5.11 Å². The molecule has 8 heteroatoms. The number of carbonyl (C=O) groups is 1. The van der Waals surface area contributed by atoms with Crippen molar-refractivity contribution < 1.29 is 14.8 Å². The number of aliphatic hydroxyl groups excluding tert-OH is 1. The number of para-hydroxylation sites is 1. The van der Waals surface area contributed by atoms with Gasteiger partial charge in [0.2, 0.25) is 5.91 Å². The van der Waals surface area contributed by atoms with Gasteiger partial charge in [0.05, 0.1) is 29.3 Å². The molecule has 0 unspecified atom stereocenters. The van der Waals surface area contributed by atoms with E-state index < -0.39 is 4.92 Å². The van der Waals surface area contributed by atoms with Gasteiger partial charge in [-0.05, 0) is 24.3 Å². The molecule has 27 heavy (non-hydrogen) atoms. The quantitative estimate of drug-likeness (QED) is 0.491. The fraction of sp³-hybridized carbons (Fsp3) is 0.158. The lowest BCUT2D eigenvalue weighted by atomic mass is 10.1. The Hall–Kier alpha value is -3.52. The highest BCUT2D eigenvalue weighted by Gasteiger charge is 2.16. The van der Waals surface area contributed by atoms with Crippen LogP contribution in [0.5, 0.6) is 0 Å². The molecule has 2 N–H and O–H groups in total. The maximum atomic E-state index is 12.1. The lowest BCUT2D eigenvalue weighted by molar-refractivity contribution is -0.384. The second-order valence-corrected chi connectivity index (χ2v) is 5.84. The molecule has 0 aliphatic rings. The highest BCUT2D eigenvalue weighted by atomic mass is 16.6. The van der Waals surface area contributed by atoms with Gasteiger partial charge in [-0.3, -0.25) is 14.9 Å². The maximum Gasteiger partial charge on any atom is 0.269 e. The van der Waals surface area contributed by atoms with Gasteiger partial charge in [0.1, 0.15) is 0 Å². The minimum Gasteiger partial charge on any atom is -0.395 e. The molecule has 138 valence electrons. The predicted octanol–water partition coefficient (Wildman–Crippen LogP) is 2.10. The average Bonchev–Trinajstić information content (AvgIpc) is 3.11. The number of aliphatic hydroxyl groups is 1. The predicted molar refractivity (Wildman–Crippen MR) is 99.5 cm³/mol. The molecule has 0 aliphatic carbocycles. The molecule has 0 spiro atoms. The molecule has 2 aromatic carbocycles. The van der Waals surface area contributed by atoms with Gasteiger partial charge < -0.3 is 10.4 Å². The van der Waals surface area contributed by atoms with Gasteiger partial charge in [-0.15, -0.1) is 0 Å². The van der Waals surface area contributed by atoms with Crippen LogP contribution in [0.3, 0.4) is 0 Å². The van der Waals surface area contributed by atoms with Gasteiger partial charge >= 0.3 is 0 Å². The SMILES string of the molecule is O=C(Cc1cn(-c2ccccc2)nc1-c1ccc([N+](=O)[O-])cc1)NCCO. The van der Waals surface area contributed by atoms with Gasteiger partial charge in [0.25, 0.3) is 5.69 Å². The van der Waals surface area contributed by atoms with Crippen molar-refractivity contribution in [1.29, 1.82) is 0 Å². The Morgan fingerprint density at radius 1 is 1.15 bits per heavy atom. The summed E-state index contributed by atoms with van der Waals surface area (Å²) in [5.41, 5.74) is 2.77. The maximum absolute atomic E-state index is 12.1. The number of non-ortho nitro benzene ring substituents is 1. The highest BCUT2D eigenvalue weighted by Crippen LogP contribution is 2.26. The summed E-state index contributed by atoms with van der Waals surface area (Å²) in [6.07, 6.45) is 1.85. The summed E-state index contributed by atoms with van der Waals surface area (Å²) >= 11 is 0. The van der Waals surface area contributed by atoms with E-state index in [0.717, 1.165) is 5.69 Å². The summed E-state index contributed by atoms with van der Waals surface area (Å²) in [5.74, 6) is -0.236. The molecule has 0 saturated carbocycles. The number of carbonyl (C=O) groups excluding carboxylic acids is 1. The van der Waals surface area contributed by atoms with Crippen LogP contribution in [-0.2, 0) is 11.2 Å². The Balaban J connectivity index is 1.98. The Morgan fingerprint density at radius 2 is 1.85 bits per heavy atom. The standard InChI is InChI=1S/C19H18N4O4/c24-11-10-20-18(25)12-15-13-22(16-4-2-1-3-5-16)21-19(15)14-6-8-17(9-7-14)23(26)27/h1-9,13,24H,10-12H2,(H,20,25). The molecule has 8 nitrogen and oxygen atoms in total. The van der Waals surface area contributed by atoms with Gasteiger partial charge in [0.15, 0.2) is 0 Å². The summed E-state index contributed by atoms with van der Waals surface area (Å²) in [6, 6.07) is 15.5.